The summed E-state index contributed by atoms with van der Waals surface area (Å²) in [6.07, 6.45) is 0. The van der Waals surface area contributed by atoms with E-state index in [0.29, 0.717) is 82.9 Å². The first-order chi connectivity index (χ1) is 26.5. The van der Waals surface area contributed by atoms with Crippen LogP contribution < -0.4 is 14.2 Å². The summed E-state index contributed by atoms with van der Waals surface area (Å²) in [6, 6.07) is 35.6. The molecular weight excluding hydrogens is 684 g/mol. The van der Waals surface area contributed by atoms with Crippen LogP contribution in [0.4, 0.5) is 0 Å². The third-order valence-corrected chi connectivity index (χ3v) is 8.72. The van der Waals surface area contributed by atoms with Gasteiger partial charge in [0.05, 0.1) is 73.7 Å². The summed E-state index contributed by atoms with van der Waals surface area (Å²) >= 11 is 0. The summed E-state index contributed by atoms with van der Waals surface area (Å²) in [4.78, 5) is 13.3. The van der Waals surface area contributed by atoms with Gasteiger partial charge in [-0.15, -0.1) is 0 Å². The Balaban J connectivity index is 1.07. The summed E-state index contributed by atoms with van der Waals surface area (Å²) in [6.45, 7) is 7.06. The fraction of sp³-hybridized carbons (Fsp3) is 0.311. The maximum atomic E-state index is 13.3. The maximum Gasteiger partial charge on any atom is 0.193 e. The molecule has 0 aromatic heterocycles. The molecule has 0 spiro atoms. The third-order valence-electron chi connectivity index (χ3n) is 8.72. The Morgan fingerprint density at radius 3 is 1.28 bits per heavy atom. The standard InChI is InChI=1S/C45H50O9/c1-33-5-7-34(8-6-33)41-19-15-38(31-43(41)48-3)39-16-20-42(44(32-39)49-4)35-9-11-36(12-10-35)45(46)37-13-17-40(18-14-37)54-30-29-53-28-27-52-26-25-51-24-23-50-22-21-47-2/h5-20,31-32H,21-30H2,1-4H3. The van der Waals surface area contributed by atoms with Crippen molar-refractivity contribution >= 4 is 5.78 Å². The maximum absolute atomic E-state index is 13.3. The number of ketones is 1. The lowest BCUT2D eigenvalue weighted by atomic mass is 9.95. The Morgan fingerprint density at radius 1 is 0.444 bits per heavy atom. The summed E-state index contributed by atoms with van der Waals surface area (Å²) < 4.78 is 44.2. The molecule has 284 valence electrons. The third kappa shape index (κ3) is 11.7. The number of aryl methyl sites for hydroxylation is 1. The molecule has 0 N–H and O–H groups in total. The molecule has 0 unspecified atom stereocenters. The fourth-order valence-corrected chi connectivity index (χ4v) is 5.74. The van der Waals surface area contributed by atoms with Crippen molar-refractivity contribution in [2.75, 3.05) is 87.4 Å². The second kappa shape index (κ2) is 21.6. The molecule has 0 atom stereocenters. The van der Waals surface area contributed by atoms with E-state index in [1.807, 2.05) is 36.4 Å². The highest BCUT2D eigenvalue weighted by molar-refractivity contribution is 6.09. The number of hydrogen-bond acceptors (Lipinski definition) is 9. The van der Waals surface area contributed by atoms with E-state index in [2.05, 4.69) is 55.5 Å². The van der Waals surface area contributed by atoms with Crippen LogP contribution in [-0.4, -0.2) is 93.2 Å². The van der Waals surface area contributed by atoms with Crippen molar-refractivity contribution < 1.29 is 42.7 Å². The molecule has 5 rings (SSSR count). The second-order valence-electron chi connectivity index (χ2n) is 12.4. The molecule has 5 aromatic rings. The first kappa shape index (κ1) is 40.2. The number of rotatable bonds is 23. The van der Waals surface area contributed by atoms with Crippen LogP contribution in [0, 0.1) is 6.92 Å². The molecule has 5 aromatic carbocycles. The number of methoxy groups -OCH3 is 3. The molecule has 0 fully saturated rings. The van der Waals surface area contributed by atoms with Gasteiger partial charge >= 0.3 is 0 Å². The van der Waals surface area contributed by atoms with E-state index in [4.69, 9.17) is 37.9 Å². The summed E-state index contributed by atoms with van der Waals surface area (Å²) in [5.74, 6) is 2.14. The number of ether oxygens (including phenoxy) is 8. The monoisotopic (exact) mass is 734 g/mol. The van der Waals surface area contributed by atoms with Gasteiger partial charge in [0.25, 0.3) is 0 Å². The summed E-state index contributed by atoms with van der Waals surface area (Å²) in [5, 5.41) is 0. The van der Waals surface area contributed by atoms with Crippen LogP contribution in [0.1, 0.15) is 21.5 Å². The van der Waals surface area contributed by atoms with Crippen LogP contribution in [0.2, 0.25) is 0 Å². The molecule has 9 heteroatoms. The molecule has 0 amide bonds. The topological polar surface area (TPSA) is 90.9 Å². The molecular formula is C45H50O9. The molecule has 54 heavy (non-hydrogen) atoms. The molecule has 0 aliphatic carbocycles. The Labute approximate surface area is 318 Å². The smallest absolute Gasteiger partial charge is 0.193 e. The normalized spacial score (nSPS) is 11.0. The van der Waals surface area contributed by atoms with Crippen LogP contribution in [-0.2, 0) is 23.7 Å². The van der Waals surface area contributed by atoms with E-state index in [9.17, 15) is 4.79 Å². The summed E-state index contributed by atoms with van der Waals surface area (Å²) in [7, 11) is 5.01. The van der Waals surface area contributed by atoms with Gasteiger partial charge in [-0.2, -0.15) is 0 Å². The van der Waals surface area contributed by atoms with Gasteiger partial charge in [0, 0.05) is 29.4 Å². The van der Waals surface area contributed by atoms with Crippen molar-refractivity contribution in [2.24, 2.45) is 0 Å². The van der Waals surface area contributed by atoms with Crippen LogP contribution in [0.25, 0.3) is 33.4 Å². The Kier molecular flexibility index (Phi) is 16.1. The van der Waals surface area contributed by atoms with Gasteiger partial charge in [0.2, 0.25) is 0 Å². The lowest BCUT2D eigenvalue weighted by Crippen LogP contribution is -2.14. The average Bonchev–Trinajstić information content (AvgIpc) is 3.22. The van der Waals surface area contributed by atoms with E-state index in [1.54, 1.807) is 45.6 Å². The van der Waals surface area contributed by atoms with E-state index >= 15 is 0 Å². The number of carbonyl (C=O) groups excluding carboxylic acids is 1. The minimum absolute atomic E-state index is 0.0670. The molecule has 0 bridgehead atoms. The van der Waals surface area contributed by atoms with Gasteiger partial charge in [-0.05, 0) is 65.6 Å². The average molecular weight is 735 g/mol. The fourth-order valence-electron chi connectivity index (χ4n) is 5.74. The number of hydrogen-bond donors (Lipinski definition) is 0. The lowest BCUT2D eigenvalue weighted by molar-refractivity contribution is -0.00978. The molecule has 0 radical (unpaired) electrons. The number of carbonyl (C=O) groups is 1. The predicted molar refractivity (Wildman–Crippen MR) is 211 cm³/mol. The van der Waals surface area contributed by atoms with Crippen molar-refractivity contribution in [3.63, 3.8) is 0 Å². The van der Waals surface area contributed by atoms with Crippen molar-refractivity contribution in [3.05, 3.63) is 126 Å². The van der Waals surface area contributed by atoms with Crippen molar-refractivity contribution in [2.45, 2.75) is 6.92 Å². The zero-order valence-corrected chi connectivity index (χ0v) is 31.6. The van der Waals surface area contributed by atoms with E-state index in [0.717, 1.165) is 44.9 Å². The van der Waals surface area contributed by atoms with Crippen LogP contribution >= 0.6 is 0 Å². The minimum Gasteiger partial charge on any atom is -0.496 e. The molecule has 0 saturated carbocycles. The lowest BCUT2D eigenvalue weighted by Gasteiger charge is -2.14. The van der Waals surface area contributed by atoms with Crippen LogP contribution in [0.3, 0.4) is 0 Å². The molecule has 0 aliphatic rings. The first-order valence-corrected chi connectivity index (χ1v) is 18.1. The largest absolute Gasteiger partial charge is 0.496 e. The minimum atomic E-state index is -0.0670. The predicted octanol–water partition coefficient (Wildman–Crippen LogP) is 8.34. The van der Waals surface area contributed by atoms with E-state index < -0.39 is 0 Å². The van der Waals surface area contributed by atoms with E-state index in [1.165, 1.54) is 5.56 Å². The van der Waals surface area contributed by atoms with Gasteiger partial charge in [-0.25, -0.2) is 0 Å². The highest BCUT2D eigenvalue weighted by atomic mass is 16.6. The number of benzene rings is 5. The van der Waals surface area contributed by atoms with Gasteiger partial charge in [-0.1, -0.05) is 78.4 Å². The van der Waals surface area contributed by atoms with Crippen LogP contribution in [0.5, 0.6) is 17.2 Å². The first-order valence-electron chi connectivity index (χ1n) is 18.1. The molecule has 0 heterocycles. The van der Waals surface area contributed by atoms with Crippen LogP contribution in [0.15, 0.2) is 109 Å². The highest BCUT2D eigenvalue weighted by Gasteiger charge is 2.14. The SMILES string of the molecule is COCCOCCOCCOCCOCCOc1ccc(C(=O)c2ccc(-c3ccc(-c4ccc(-c5ccc(C)cc5)c(OC)c4)cc3OC)cc2)cc1. The zero-order valence-electron chi connectivity index (χ0n) is 31.6. The molecule has 9 nitrogen and oxygen atoms in total. The highest BCUT2D eigenvalue weighted by Crippen LogP contribution is 2.38. The Bertz CT molecular complexity index is 1870. The zero-order chi connectivity index (χ0) is 38.0. The second-order valence-corrected chi connectivity index (χ2v) is 12.4. The quantitative estimate of drug-likeness (QED) is 0.0485. The molecule has 0 saturated heterocycles. The van der Waals surface area contributed by atoms with Crippen molar-refractivity contribution in [1.29, 1.82) is 0 Å². The Hall–Kier alpha value is -5.03. The van der Waals surface area contributed by atoms with E-state index in [-0.39, 0.29) is 5.78 Å². The van der Waals surface area contributed by atoms with Gasteiger partial charge in [0.15, 0.2) is 5.78 Å². The van der Waals surface area contributed by atoms with Gasteiger partial charge in [0.1, 0.15) is 23.9 Å². The molecule has 0 aliphatic heterocycles. The summed E-state index contributed by atoms with van der Waals surface area (Å²) in [5.41, 5.74) is 8.45. The van der Waals surface area contributed by atoms with Crippen molar-refractivity contribution in [1.82, 2.24) is 0 Å². The van der Waals surface area contributed by atoms with Crippen molar-refractivity contribution in [3.8, 4) is 50.6 Å². The van der Waals surface area contributed by atoms with Gasteiger partial charge in [-0.3, -0.25) is 4.79 Å². The Morgan fingerprint density at radius 2 is 0.833 bits per heavy atom. The van der Waals surface area contributed by atoms with Gasteiger partial charge < -0.3 is 37.9 Å².